The number of hydrogen-bond donors (Lipinski definition) is 2. The zero-order valence-corrected chi connectivity index (χ0v) is 15.7. The summed E-state index contributed by atoms with van der Waals surface area (Å²) < 4.78 is 27.0. The number of benzene rings is 1. The van der Waals surface area contributed by atoms with Gasteiger partial charge in [0.15, 0.2) is 5.96 Å². The topological polar surface area (TPSA) is 36.4 Å². The van der Waals surface area contributed by atoms with Gasteiger partial charge >= 0.3 is 0 Å². The van der Waals surface area contributed by atoms with Crippen molar-refractivity contribution in [1.82, 2.24) is 10.6 Å². The molecule has 0 saturated carbocycles. The van der Waals surface area contributed by atoms with Crippen LogP contribution in [0.4, 0.5) is 8.78 Å². The van der Waals surface area contributed by atoms with Gasteiger partial charge in [-0.3, -0.25) is 4.99 Å². The van der Waals surface area contributed by atoms with Gasteiger partial charge < -0.3 is 10.6 Å². The predicted molar refractivity (Wildman–Crippen MR) is 100 cm³/mol. The van der Waals surface area contributed by atoms with Crippen LogP contribution in [-0.2, 0) is 6.42 Å². The Morgan fingerprint density at radius 1 is 1.32 bits per heavy atom. The predicted octanol–water partition coefficient (Wildman–Crippen LogP) is 3.19. The first-order chi connectivity index (χ1) is 10.2. The molecule has 0 aliphatic carbocycles. The molecule has 3 nitrogen and oxygen atoms in total. The second-order valence-electron chi connectivity index (χ2n) is 4.97. The van der Waals surface area contributed by atoms with Crippen LogP contribution in [0.5, 0.6) is 0 Å². The molecule has 1 aliphatic heterocycles. The summed E-state index contributed by atoms with van der Waals surface area (Å²) in [7, 11) is 1.70. The van der Waals surface area contributed by atoms with Crippen LogP contribution in [0, 0.1) is 11.6 Å². The van der Waals surface area contributed by atoms with E-state index in [9.17, 15) is 8.78 Å². The maximum Gasteiger partial charge on any atom is 0.191 e. The maximum absolute atomic E-state index is 13.5. The molecule has 0 spiro atoms. The molecule has 1 saturated heterocycles. The van der Waals surface area contributed by atoms with Crippen LogP contribution < -0.4 is 10.6 Å². The molecular weight excluding hydrogens is 419 g/mol. The minimum Gasteiger partial charge on any atom is -0.356 e. The Bertz CT molecular complexity index is 473. The number of hydrogen-bond acceptors (Lipinski definition) is 2. The first-order valence-electron chi connectivity index (χ1n) is 7.19. The molecule has 2 N–H and O–H groups in total. The third-order valence-corrected chi connectivity index (χ3v) is 4.87. The van der Waals surface area contributed by atoms with Gasteiger partial charge in [0.25, 0.3) is 0 Å². The Morgan fingerprint density at radius 2 is 2.05 bits per heavy atom. The lowest BCUT2D eigenvalue weighted by atomic mass is 10.1. The van der Waals surface area contributed by atoms with Crippen molar-refractivity contribution in [3.05, 3.63) is 35.4 Å². The molecule has 0 bridgehead atoms. The molecule has 1 aliphatic rings. The van der Waals surface area contributed by atoms with Crippen molar-refractivity contribution < 1.29 is 8.78 Å². The SMILES string of the molecule is CN=C(NCCc1c(F)cccc1F)NCC1CCCS1.I. The second-order valence-corrected chi connectivity index (χ2v) is 6.37. The van der Waals surface area contributed by atoms with Crippen LogP contribution in [0.3, 0.4) is 0 Å². The number of aliphatic imine (C=N–C) groups is 1. The standard InChI is InChI=1S/C15H21F2N3S.HI/c1-18-15(20-10-11-4-3-9-21-11)19-8-7-12-13(16)5-2-6-14(12)17;/h2,5-6,11H,3-4,7-10H2,1H3,(H2,18,19,20);1H. The normalized spacial score (nSPS) is 18.0. The number of halogens is 3. The Kier molecular flexibility index (Phi) is 9.08. The quantitative estimate of drug-likeness (QED) is 0.419. The molecule has 1 fully saturated rings. The average molecular weight is 441 g/mol. The molecule has 1 heterocycles. The molecule has 1 unspecified atom stereocenters. The molecule has 124 valence electrons. The Hall–Kier alpha value is -0.570. The van der Waals surface area contributed by atoms with E-state index in [2.05, 4.69) is 15.6 Å². The monoisotopic (exact) mass is 441 g/mol. The first kappa shape index (κ1) is 19.5. The Morgan fingerprint density at radius 3 is 2.64 bits per heavy atom. The number of nitrogens with zero attached hydrogens (tertiary/aromatic N) is 1. The summed E-state index contributed by atoms with van der Waals surface area (Å²) in [5.74, 6) is 0.911. The van der Waals surface area contributed by atoms with Crippen molar-refractivity contribution in [2.45, 2.75) is 24.5 Å². The number of rotatable bonds is 5. The van der Waals surface area contributed by atoms with Gasteiger partial charge in [0, 0.05) is 31.0 Å². The summed E-state index contributed by atoms with van der Waals surface area (Å²) in [5, 5.41) is 6.98. The van der Waals surface area contributed by atoms with E-state index >= 15 is 0 Å². The van der Waals surface area contributed by atoms with Gasteiger partial charge in [-0.1, -0.05) is 6.07 Å². The van der Waals surface area contributed by atoms with E-state index in [1.807, 2.05) is 11.8 Å². The zero-order chi connectivity index (χ0) is 15.1. The minimum absolute atomic E-state index is 0. The highest BCUT2D eigenvalue weighted by Crippen LogP contribution is 2.25. The average Bonchev–Trinajstić information content (AvgIpc) is 2.98. The summed E-state index contributed by atoms with van der Waals surface area (Å²) in [6, 6.07) is 3.94. The van der Waals surface area contributed by atoms with E-state index in [0.717, 1.165) is 6.54 Å². The van der Waals surface area contributed by atoms with Crippen LogP contribution in [-0.4, -0.2) is 37.1 Å². The highest BCUT2D eigenvalue weighted by Gasteiger charge is 2.15. The van der Waals surface area contributed by atoms with E-state index in [0.29, 0.717) is 17.8 Å². The fourth-order valence-corrected chi connectivity index (χ4v) is 3.51. The fraction of sp³-hybridized carbons (Fsp3) is 0.533. The van der Waals surface area contributed by atoms with Gasteiger partial charge in [0.05, 0.1) is 0 Å². The van der Waals surface area contributed by atoms with Crippen molar-refractivity contribution >= 4 is 41.7 Å². The molecular formula is C15H22F2IN3S. The van der Waals surface area contributed by atoms with Crippen molar-refractivity contribution in [3.8, 4) is 0 Å². The molecule has 0 radical (unpaired) electrons. The van der Waals surface area contributed by atoms with Crippen LogP contribution in [0.1, 0.15) is 18.4 Å². The van der Waals surface area contributed by atoms with Gasteiger partial charge in [0.2, 0.25) is 0 Å². The summed E-state index contributed by atoms with van der Waals surface area (Å²) in [5.41, 5.74) is 0.117. The van der Waals surface area contributed by atoms with Crippen molar-refractivity contribution in [2.24, 2.45) is 4.99 Å². The molecule has 2 rings (SSSR count). The van der Waals surface area contributed by atoms with E-state index in [-0.39, 0.29) is 36.0 Å². The smallest absolute Gasteiger partial charge is 0.191 e. The van der Waals surface area contributed by atoms with Gasteiger partial charge in [-0.2, -0.15) is 11.8 Å². The molecule has 22 heavy (non-hydrogen) atoms. The van der Waals surface area contributed by atoms with Gasteiger partial charge in [0.1, 0.15) is 11.6 Å². The van der Waals surface area contributed by atoms with Gasteiger partial charge in [-0.25, -0.2) is 8.78 Å². The number of thioether (sulfide) groups is 1. The number of guanidine groups is 1. The summed E-state index contributed by atoms with van der Waals surface area (Å²) in [6.07, 6.45) is 2.79. The second kappa shape index (κ2) is 10.3. The van der Waals surface area contributed by atoms with E-state index in [1.165, 1.54) is 36.8 Å². The molecule has 1 aromatic carbocycles. The largest absolute Gasteiger partial charge is 0.356 e. The van der Waals surface area contributed by atoms with Gasteiger partial charge in [-0.15, -0.1) is 24.0 Å². The molecule has 1 atom stereocenters. The van der Waals surface area contributed by atoms with Crippen LogP contribution in [0.2, 0.25) is 0 Å². The molecule has 0 aromatic heterocycles. The van der Waals surface area contributed by atoms with Crippen molar-refractivity contribution in [3.63, 3.8) is 0 Å². The lowest BCUT2D eigenvalue weighted by molar-refractivity contribution is 0.553. The lowest BCUT2D eigenvalue weighted by Crippen LogP contribution is -2.41. The van der Waals surface area contributed by atoms with Crippen LogP contribution >= 0.6 is 35.7 Å². The molecule has 7 heteroatoms. The third-order valence-electron chi connectivity index (χ3n) is 3.47. The first-order valence-corrected chi connectivity index (χ1v) is 8.24. The summed E-state index contributed by atoms with van der Waals surface area (Å²) in [4.78, 5) is 4.12. The minimum atomic E-state index is -0.498. The molecule has 1 aromatic rings. The van der Waals surface area contributed by atoms with Crippen molar-refractivity contribution in [1.29, 1.82) is 0 Å². The van der Waals surface area contributed by atoms with Crippen LogP contribution in [0.15, 0.2) is 23.2 Å². The van der Waals surface area contributed by atoms with E-state index in [1.54, 1.807) is 7.05 Å². The lowest BCUT2D eigenvalue weighted by Gasteiger charge is -2.15. The third kappa shape index (κ3) is 5.91. The Labute approximate surface area is 151 Å². The fourth-order valence-electron chi connectivity index (χ4n) is 2.31. The Balaban J connectivity index is 0.00000242. The summed E-state index contributed by atoms with van der Waals surface area (Å²) in [6.45, 7) is 1.31. The highest BCUT2D eigenvalue weighted by molar-refractivity contribution is 14.0. The molecule has 0 amide bonds. The highest BCUT2D eigenvalue weighted by atomic mass is 127. The number of nitrogens with one attached hydrogen (secondary N) is 2. The van der Waals surface area contributed by atoms with E-state index < -0.39 is 11.6 Å². The maximum atomic E-state index is 13.5. The van der Waals surface area contributed by atoms with E-state index in [4.69, 9.17) is 0 Å². The summed E-state index contributed by atoms with van der Waals surface area (Å²) >= 11 is 1.98. The van der Waals surface area contributed by atoms with Crippen molar-refractivity contribution in [2.75, 3.05) is 25.9 Å². The van der Waals surface area contributed by atoms with Gasteiger partial charge in [-0.05, 0) is 37.1 Å². The van der Waals surface area contributed by atoms with Crippen LogP contribution in [0.25, 0.3) is 0 Å². The zero-order valence-electron chi connectivity index (χ0n) is 12.6.